The van der Waals surface area contributed by atoms with E-state index in [0.29, 0.717) is 0 Å². The Kier molecular flexibility index (Phi) is 5.40. The molecule has 0 fully saturated rings. The molecule has 1 atom stereocenters. The molecule has 0 spiro atoms. The number of aromatic amines is 1. The Labute approximate surface area is 131 Å². The molecule has 2 rings (SSSR count). The van der Waals surface area contributed by atoms with E-state index in [1.54, 1.807) is 24.3 Å². The van der Waals surface area contributed by atoms with Crippen molar-refractivity contribution in [3.05, 3.63) is 29.3 Å². The first-order chi connectivity index (χ1) is 10.2. The predicted molar refractivity (Wildman–Crippen MR) is 83.6 cm³/mol. The number of aromatic nitrogens is 2. The zero-order valence-electron chi connectivity index (χ0n) is 11.3. The van der Waals surface area contributed by atoms with Crippen molar-refractivity contribution in [2.45, 2.75) is 13.0 Å². The molecule has 112 valence electrons. The maximum atomic E-state index is 12.1. The van der Waals surface area contributed by atoms with Crippen LogP contribution >= 0.6 is 24.0 Å². The maximum Gasteiger partial charge on any atom is 0.329 e. The third-order valence-electron chi connectivity index (χ3n) is 2.66. The van der Waals surface area contributed by atoms with Gasteiger partial charge in [-0.2, -0.15) is 17.7 Å². The van der Waals surface area contributed by atoms with Crippen LogP contribution in [0.1, 0.15) is 17.4 Å². The van der Waals surface area contributed by atoms with Gasteiger partial charge in [0.05, 0.1) is 17.2 Å². The van der Waals surface area contributed by atoms with E-state index >= 15 is 0 Å². The van der Waals surface area contributed by atoms with Gasteiger partial charge in [0, 0.05) is 5.75 Å². The maximum absolute atomic E-state index is 12.1. The number of nitrogens with zero attached hydrogens (tertiary/aromatic N) is 1. The minimum absolute atomic E-state index is 0.160. The molecule has 0 unspecified atom stereocenters. The zero-order valence-corrected chi connectivity index (χ0v) is 13.0. The van der Waals surface area contributed by atoms with Gasteiger partial charge in [-0.05, 0) is 24.4 Å². The summed E-state index contributed by atoms with van der Waals surface area (Å²) in [5.41, 5.74) is 0.975. The lowest BCUT2D eigenvalue weighted by Crippen LogP contribution is -2.43. The fraction of sp³-hybridized carbons (Fsp3) is 0.308. The molecule has 0 radical (unpaired) electrons. The van der Waals surface area contributed by atoms with Crippen LogP contribution < -0.4 is 5.32 Å². The lowest BCUT2D eigenvalue weighted by molar-refractivity contribution is -0.144. The summed E-state index contributed by atoms with van der Waals surface area (Å²) in [6, 6.07) is 4.69. The molecule has 2 heterocycles. The SMILES string of the molecule is CCOC(=O)[C@H](CS)NC(=O)c1cc(-c2cccs2)[nH]n1. The van der Waals surface area contributed by atoms with E-state index in [0.717, 1.165) is 10.6 Å². The van der Waals surface area contributed by atoms with Crippen molar-refractivity contribution in [2.75, 3.05) is 12.4 Å². The quantitative estimate of drug-likeness (QED) is 0.558. The smallest absolute Gasteiger partial charge is 0.329 e. The topological polar surface area (TPSA) is 84.1 Å². The lowest BCUT2D eigenvalue weighted by Gasteiger charge is -2.13. The Bertz CT molecular complexity index is 610. The number of ether oxygens (including phenoxy) is 1. The number of carbonyl (C=O) groups excluding carboxylic acids is 2. The molecule has 2 aromatic rings. The van der Waals surface area contributed by atoms with E-state index in [9.17, 15) is 9.59 Å². The molecule has 0 saturated heterocycles. The molecule has 21 heavy (non-hydrogen) atoms. The van der Waals surface area contributed by atoms with E-state index in [1.165, 1.54) is 0 Å². The second kappa shape index (κ2) is 7.28. The van der Waals surface area contributed by atoms with E-state index in [-0.39, 0.29) is 18.1 Å². The van der Waals surface area contributed by atoms with Crippen LogP contribution in [0, 0.1) is 0 Å². The van der Waals surface area contributed by atoms with Crippen molar-refractivity contribution in [3.8, 4) is 10.6 Å². The van der Waals surface area contributed by atoms with Crippen LogP contribution in [-0.4, -0.2) is 40.5 Å². The summed E-state index contributed by atoms with van der Waals surface area (Å²) in [6.07, 6.45) is 0. The van der Waals surface area contributed by atoms with Gasteiger partial charge in [-0.15, -0.1) is 11.3 Å². The van der Waals surface area contributed by atoms with Crippen molar-refractivity contribution >= 4 is 35.8 Å². The summed E-state index contributed by atoms with van der Waals surface area (Å²) in [5.74, 6) is -0.789. The van der Waals surface area contributed by atoms with Gasteiger partial charge in [0.15, 0.2) is 5.69 Å². The zero-order chi connectivity index (χ0) is 15.2. The highest BCUT2D eigenvalue weighted by molar-refractivity contribution is 7.80. The van der Waals surface area contributed by atoms with Crippen molar-refractivity contribution in [1.29, 1.82) is 0 Å². The molecule has 0 aromatic carbocycles. The average Bonchev–Trinajstić information content (AvgIpc) is 3.14. The number of thiol groups is 1. The van der Waals surface area contributed by atoms with Gasteiger partial charge < -0.3 is 10.1 Å². The number of carbonyl (C=O) groups is 2. The van der Waals surface area contributed by atoms with Crippen LogP contribution in [0.4, 0.5) is 0 Å². The Hall–Kier alpha value is -1.80. The highest BCUT2D eigenvalue weighted by Crippen LogP contribution is 2.22. The second-order valence-electron chi connectivity index (χ2n) is 4.10. The summed E-state index contributed by atoms with van der Waals surface area (Å²) >= 11 is 5.59. The van der Waals surface area contributed by atoms with Crippen molar-refractivity contribution in [2.24, 2.45) is 0 Å². The minimum atomic E-state index is -0.789. The fourth-order valence-electron chi connectivity index (χ4n) is 1.65. The van der Waals surface area contributed by atoms with Crippen LogP contribution in [0.5, 0.6) is 0 Å². The standard InChI is InChI=1S/C13H15N3O3S2/c1-2-19-13(18)10(7-20)14-12(17)9-6-8(15-16-9)11-4-3-5-21-11/h3-6,10,20H,2,7H2,1H3,(H,14,17)(H,15,16)/t10-/m0/s1. The number of esters is 1. The minimum Gasteiger partial charge on any atom is -0.464 e. The van der Waals surface area contributed by atoms with E-state index in [4.69, 9.17) is 4.74 Å². The van der Waals surface area contributed by atoms with Gasteiger partial charge in [-0.25, -0.2) is 4.79 Å². The highest BCUT2D eigenvalue weighted by Gasteiger charge is 2.22. The Balaban J connectivity index is 2.04. The van der Waals surface area contributed by atoms with Gasteiger partial charge in [0.2, 0.25) is 0 Å². The normalized spacial score (nSPS) is 11.9. The first-order valence-electron chi connectivity index (χ1n) is 6.33. The Morgan fingerprint density at radius 1 is 1.57 bits per heavy atom. The monoisotopic (exact) mass is 325 g/mol. The fourth-order valence-corrected chi connectivity index (χ4v) is 2.58. The first-order valence-corrected chi connectivity index (χ1v) is 7.84. The summed E-state index contributed by atoms with van der Waals surface area (Å²) in [6.45, 7) is 1.96. The van der Waals surface area contributed by atoms with Crippen LogP contribution in [0.15, 0.2) is 23.6 Å². The first kappa shape index (κ1) is 15.6. The number of H-pyrrole nitrogens is 1. The predicted octanol–water partition coefficient (Wildman–Crippen LogP) is 1.73. The lowest BCUT2D eigenvalue weighted by atomic mass is 10.2. The molecular weight excluding hydrogens is 310 g/mol. The van der Waals surface area contributed by atoms with E-state index in [1.807, 2.05) is 17.5 Å². The third kappa shape index (κ3) is 3.85. The number of rotatable bonds is 6. The highest BCUT2D eigenvalue weighted by atomic mass is 32.1. The number of hydrogen-bond donors (Lipinski definition) is 3. The van der Waals surface area contributed by atoms with Crippen LogP contribution in [0.25, 0.3) is 10.6 Å². The van der Waals surface area contributed by atoms with Crippen molar-refractivity contribution < 1.29 is 14.3 Å². The molecule has 2 N–H and O–H groups in total. The molecule has 2 aromatic heterocycles. The molecular formula is C13H15N3O3S2. The number of nitrogens with one attached hydrogen (secondary N) is 2. The average molecular weight is 325 g/mol. The largest absolute Gasteiger partial charge is 0.464 e. The summed E-state index contributed by atoms with van der Waals surface area (Å²) in [5, 5.41) is 11.3. The molecule has 0 aliphatic heterocycles. The Morgan fingerprint density at radius 2 is 2.38 bits per heavy atom. The summed E-state index contributed by atoms with van der Waals surface area (Å²) in [4.78, 5) is 24.7. The number of thiophene rings is 1. The van der Waals surface area contributed by atoms with Gasteiger partial charge in [-0.1, -0.05) is 6.07 Å². The van der Waals surface area contributed by atoms with Gasteiger partial charge in [0.25, 0.3) is 5.91 Å². The Morgan fingerprint density at radius 3 is 3.00 bits per heavy atom. The van der Waals surface area contributed by atoms with Gasteiger partial charge >= 0.3 is 5.97 Å². The number of amides is 1. The van der Waals surface area contributed by atoms with E-state index in [2.05, 4.69) is 28.1 Å². The summed E-state index contributed by atoms with van der Waals surface area (Å²) in [7, 11) is 0. The summed E-state index contributed by atoms with van der Waals surface area (Å²) < 4.78 is 4.87. The van der Waals surface area contributed by atoms with E-state index < -0.39 is 17.9 Å². The molecule has 0 saturated carbocycles. The third-order valence-corrected chi connectivity index (χ3v) is 3.92. The van der Waals surface area contributed by atoms with Gasteiger partial charge in [0.1, 0.15) is 6.04 Å². The molecule has 6 nitrogen and oxygen atoms in total. The van der Waals surface area contributed by atoms with Crippen LogP contribution in [0.2, 0.25) is 0 Å². The number of hydrogen-bond acceptors (Lipinski definition) is 6. The van der Waals surface area contributed by atoms with Gasteiger partial charge in [-0.3, -0.25) is 9.89 Å². The van der Waals surface area contributed by atoms with Crippen LogP contribution in [0.3, 0.4) is 0 Å². The molecule has 1 amide bonds. The van der Waals surface area contributed by atoms with Crippen LogP contribution in [-0.2, 0) is 9.53 Å². The van der Waals surface area contributed by atoms with Crippen molar-refractivity contribution in [3.63, 3.8) is 0 Å². The molecule has 0 aliphatic carbocycles. The molecule has 8 heteroatoms. The second-order valence-corrected chi connectivity index (χ2v) is 5.42. The molecule has 0 aliphatic rings. The van der Waals surface area contributed by atoms with Crippen molar-refractivity contribution in [1.82, 2.24) is 15.5 Å². The molecule has 0 bridgehead atoms.